The summed E-state index contributed by atoms with van der Waals surface area (Å²) in [6, 6.07) is 0. The number of hydrogen-bond donors (Lipinski definition) is 0. The summed E-state index contributed by atoms with van der Waals surface area (Å²) in [7, 11) is 0. The summed E-state index contributed by atoms with van der Waals surface area (Å²) >= 11 is 0. The first-order valence-corrected chi connectivity index (χ1v) is 7.63. The molecule has 0 saturated heterocycles. The smallest absolute Gasteiger partial charge is 0.275 e. The van der Waals surface area contributed by atoms with Gasteiger partial charge in [-0.25, -0.2) is 8.78 Å². The SMILES string of the molecule is CC(C)(C)OCCCOCCCOCC(F)(F)C(C)(C)C. The molecular weight excluding hydrogens is 278 g/mol. The van der Waals surface area contributed by atoms with E-state index >= 15 is 0 Å². The van der Waals surface area contributed by atoms with E-state index in [4.69, 9.17) is 14.2 Å². The molecular formula is C16H32F2O3. The molecule has 21 heavy (non-hydrogen) atoms. The second-order valence-corrected chi connectivity index (χ2v) is 7.29. The Morgan fingerprint density at radius 2 is 1.19 bits per heavy atom. The highest BCUT2D eigenvalue weighted by atomic mass is 19.3. The van der Waals surface area contributed by atoms with E-state index in [0.29, 0.717) is 32.8 Å². The van der Waals surface area contributed by atoms with Gasteiger partial charge >= 0.3 is 0 Å². The van der Waals surface area contributed by atoms with Gasteiger partial charge in [-0.1, -0.05) is 20.8 Å². The maximum atomic E-state index is 13.6. The molecule has 0 aliphatic carbocycles. The maximum absolute atomic E-state index is 13.6. The van der Waals surface area contributed by atoms with Crippen molar-refractivity contribution < 1.29 is 23.0 Å². The van der Waals surface area contributed by atoms with Crippen molar-refractivity contribution in [2.75, 3.05) is 33.0 Å². The molecule has 0 amide bonds. The van der Waals surface area contributed by atoms with Gasteiger partial charge in [0.2, 0.25) is 0 Å². The Balaban J connectivity index is 3.42. The van der Waals surface area contributed by atoms with Gasteiger partial charge in [0.05, 0.1) is 5.60 Å². The summed E-state index contributed by atoms with van der Waals surface area (Å²) in [4.78, 5) is 0. The second kappa shape index (κ2) is 9.01. The predicted molar refractivity (Wildman–Crippen MR) is 81.0 cm³/mol. The fourth-order valence-electron chi connectivity index (χ4n) is 1.32. The molecule has 0 aromatic heterocycles. The van der Waals surface area contributed by atoms with Crippen LogP contribution in [0.15, 0.2) is 0 Å². The molecule has 0 heterocycles. The third-order valence-electron chi connectivity index (χ3n) is 2.93. The molecule has 0 atom stereocenters. The van der Waals surface area contributed by atoms with E-state index in [-0.39, 0.29) is 5.60 Å². The number of halogens is 2. The third-order valence-corrected chi connectivity index (χ3v) is 2.93. The van der Waals surface area contributed by atoms with Crippen LogP contribution >= 0.6 is 0 Å². The van der Waals surface area contributed by atoms with Crippen LogP contribution < -0.4 is 0 Å². The van der Waals surface area contributed by atoms with Gasteiger partial charge in [-0.05, 0) is 33.6 Å². The Bertz CT molecular complexity index is 268. The molecule has 0 rings (SSSR count). The maximum Gasteiger partial charge on any atom is 0.275 e. The largest absolute Gasteiger partial charge is 0.381 e. The van der Waals surface area contributed by atoms with Crippen LogP contribution in [0.4, 0.5) is 8.78 Å². The number of rotatable bonds is 10. The molecule has 0 N–H and O–H groups in total. The van der Waals surface area contributed by atoms with E-state index in [1.165, 1.54) is 20.8 Å². The fraction of sp³-hybridized carbons (Fsp3) is 1.00. The van der Waals surface area contributed by atoms with E-state index in [1.54, 1.807) is 0 Å². The molecule has 0 bridgehead atoms. The van der Waals surface area contributed by atoms with E-state index in [2.05, 4.69) is 0 Å². The molecule has 0 aliphatic rings. The van der Waals surface area contributed by atoms with Crippen molar-refractivity contribution in [3.63, 3.8) is 0 Å². The minimum atomic E-state index is -2.81. The highest BCUT2D eigenvalue weighted by molar-refractivity contribution is 4.80. The number of alkyl halides is 2. The van der Waals surface area contributed by atoms with Gasteiger partial charge in [-0.3, -0.25) is 0 Å². The van der Waals surface area contributed by atoms with E-state index < -0.39 is 17.9 Å². The summed E-state index contributed by atoms with van der Waals surface area (Å²) in [5.41, 5.74) is -1.19. The van der Waals surface area contributed by atoms with Crippen molar-refractivity contribution in [2.24, 2.45) is 5.41 Å². The van der Waals surface area contributed by atoms with Crippen molar-refractivity contribution >= 4 is 0 Å². The zero-order chi connectivity index (χ0) is 16.6. The van der Waals surface area contributed by atoms with Gasteiger partial charge < -0.3 is 14.2 Å². The Hall–Kier alpha value is -0.260. The lowest BCUT2D eigenvalue weighted by Gasteiger charge is -2.29. The van der Waals surface area contributed by atoms with Crippen LogP contribution in [0.3, 0.4) is 0 Å². The molecule has 0 aromatic rings. The number of hydrogen-bond acceptors (Lipinski definition) is 3. The summed E-state index contributed by atoms with van der Waals surface area (Å²) in [6.07, 6.45) is 1.46. The minimum Gasteiger partial charge on any atom is -0.381 e. The van der Waals surface area contributed by atoms with Crippen LogP contribution in [0.5, 0.6) is 0 Å². The van der Waals surface area contributed by atoms with Crippen molar-refractivity contribution in [3.8, 4) is 0 Å². The summed E-state index contributed by atoms with van der Waals surface area (Å²) < 4.78 is 43.1. The van der Waals surface area contributed by atoms with E-state index in [1.807, 2.05) is 20.8 Å². The van der Waals surface area contributed by atoms with Gasteiger partial charge in [-0.2, -0.15) is 0 Å². The molecule has 0 unspecified atom stereocenters. The fourth-order valence-corrected chi connectivity index (χ4v) is 1.32. The summed E-state index contributed by atoms with van der Waals surface area (Å²) in [5.74, 6) is -2.81. The lowest BCUT2D eigenvalue weighted by atomic mass is 9.88. The first kappa shape index (κ1) is 20.7. The van der Waals surface area contributed by atoms with Gasteiger partial charge in [0, 0.05) is 31.8 Å². The Morgan fingerprint density at radius 1 is 0.714 bits per heavy atom. The molecule has 0 aromatic carbocycles. The Kier molecular flexibility index (Phi) is 8.90. The molecule has 0 aliphatic heterocycles. The standard InChI is InChI=1S/C16H32F2O3/c1-14(2,3)16(17,18)13-20-11-7-9-19-10-8-12-21-15(4,5)6/h7-13H2,1-6H3. The normalized spacial score (nSPS) is 13.7. The van der Waals surface area contributed by atoms with Crippen LogP contribution in [-0.4, -0.2) is 44.6 Å². The average Bonchev–Trinajstić information content (AvgIpc) is 2.28. The molecule has 3 nitrogen and oxygen atoms in total. The molecule has 0 radical (unpaired) electrons. The molecule has 0 saturated carbocycles. The lowest BCUT2D eigenvalue weighted by molar-refractivity contribution is -0.147. The van der Waals surface area contributed by atoms with Crippen LogP contribution in [0.25, 0.3) is 0 Å². The van der Waals surface area contributed by atoms with Crippen LogP contribution in [0.1, 0.15) is 54.4 Å². The highest BCUT2D eigenvalue weighted by Crippen LogP contribution is 2.35. The van der Waals surface area contributed by atoms with Crippen molar-refractivity contribution in [1.29, 1.82) is 0 Å². The zero-order valence-corrected chi connectivity index (χ0v) is 14.4. The van der Waals surface area contributed by atoms with Gasteiger partial charge in [0.15, 0.2) is 0 Å². The molecule has 5 heteroatoms. The summed E-state index contributed by atoms with van der Waals surface area (Å²) in [6.45, 7) is 12.1. The van der Waals surface area contributed by atoms with Crippen molar-refractivity contribution in [2.45, 2.75) is 65.9 Å². The van der Waals surface area contributed by atoms with Gasteiger partial charge in [-0.15, -0.1) is 0 Å². The first-order valence-electron chi connectivity index (χ1n) is 7.63. The van der Waals surface area contributed by atoms with Gasteiger partial charge in [0.25, 0.3) is 5.92 Å². The Morgan fingerprint density at radius 3 is 1.67 bits per heavy atom. The average molecular weight is 310 g/mol. The molecule has 0 fully saturated rings. The monoisotopic (exact) mass is 310 g/mol. The second-order valence-electron chi connectivity index (χ2n) is 7.29. The topological polar surface area (TPSA) is 27.7 Å². The molecule has 128 valence electrons. The van der Waals surface area contributed by atoms with Crippen LogP contribution in [0, 0.1) is 5.41 Å². The quantitative estimate of drug-likeness (QED) is 0.563. The van der Waals surface area contributed by atoms with Crippen molar-refractivity contribution in [1.82, 2.24) is 0 Å². The third kappa shape index (κ3) is 11.0. The van der Waals surface area contributed by atoms with Crippen LogP contribution in [-0.2, 0) is 14.2 Å². The van der Waals surface area contributed by atoms with E-state index in [9.17, 15) is 8.78 Å². The number of ether oxygens (including phenoxy) is 3. The minimum absolute atomic E-state index is 0.119. The van der Waals surface area contributed by atoms with Crippen molar-refractivity contribution in [3.05, 3.63) is 0 Å². The summed E-state index contributed by atoms with van der Waals surface area (Å²) in [5, 5.41) is 0. The zero-order valence-electron chi connectivity index (χ0n) is 14.4. The van der Waals surface area contributed by atoms with Crippen LogP contribution in [0.2, 0.25) is 0 Å². The first-order chi connectivity index (χ1) is 9.46. The van der Waals surface area contributed by atoms with Gasteiger partial charge in [0.1, 0.15) is 6.61 Å². The van der Waals surface area contributed by atoms with E-state index in [0.717, 1.165) is 6.42 Å². The Labute approximate surface area is 128 Å². The lowest BCUT2D eigenvalue weighted by Crippen LogP contribution is -2.38. The highest BCUT2D eigenvalue weighted by Gasteiger charge is 2.43. The molecule has 0 spiro atoms. The predicted octanol–water partition coefficient (Wildman–Crippen LogP) is 4.30.